The lowest BCUT2D eigenvalue weighted by atomic mass is 10.0. The molecule has 1 amide bonds. The van der Waals surface area contributed by atoms with Gasteiger partial charge in [0, 0.05) is 11.6 Å². The third-order valence-electron chi connectivity index (χ3n) is 3.54. The fourth-order valence-electron chi connectivity index (χ4n) is 2.26. The molecule has 1 aromatic carbocycles. The van der Waals surface area contributed by atoms with Gasteiger partial charge in [-0.2, -0.15) is 0 Å². The lowest BCUT2D eigenvalue weighted by Gasteiger charge is -2.14. The van der Waals surface area contributed by atoms with Gasteiger partial charge in [0.1, 0.15) is 6.33 Å². The normalized spacial score (nSPS) is 12.4. The van der Waals surface area contributed by atoms with E-state index in [9.17, 15) is 4.79 Å². The van der Waals surface area contributed by atoms with E-state index in [-0.39, 0.29) is 11.9 Å². The SMILES string of the molecule is CC(C)CCCC(C)NC(=O)c1ccc(-n2cnnn2)cc1. The molecule has 0 fully saturated rings. The smallest absolute Gasteiger partial charge is 0.251 e. The summed E-state index contributed by atoms with van der Waals surface area (Å²) in [7, 11) is 0. The summed E-state index contributed by atoms with van der Waals surface area (Å²) in [5.41, 5.74) is 1.47. The van der Waals surface area contributed by atoms with Crippen molar-refractivity contribution in [1.82, 2.24) is 25.5 Å². The molecule has 0 saturated heterocycles. The molecular formula is C16H23N5O. The van der Waals surface area contributed by atoms with Crippen molar-refractivity contribution in [2.24, 2.45) is 5.92 Å². The molecule has 6 nitrogen and oxygen atoms in total. The summed E-state index contributed by atoms with van der Waals surface area (Å²) < 4.78 is 1.55. The highest BCUT2D eigenvalue weighted by Crippen LogP contribution is 2.10. The molecule has 1 atom stereocenters. The van der Waals surface area contributed by atoms with Crippen LogP contribution >= 0.6 is 0 Å². The standard InChI is InChI=1S/C16H23N5O/c1-12(2)5-4-6-13(3)18-16(22)14-7-9-15(10-8-14)21-11-17-19-20-21/h7-13H,4-6H2,1-3H3,(H,18,22). The Hall–Kier alpha value is -2.24. The van der Waals surface area contributed by atoms with Crippen LogP contribution in [0.1, 0.15) is 50.4 Å². The second-order valence-electron chi connectivity index (χ2n) is 6.00. The van der Waals surface area contributed by atoms with Crippen LogP contribution in [0, 0.1) is 5.92 Å². The predicted molar refractivity (Wildman–Crippen MR) is 84.8 cm³/mol. The van der Waals surface area contributed by atoms with Crippen LogP contribution in [0.3, 0.4) is 0 Å². The van der Waals surface area contributed by atoms with Gasteiger partial charge in [-0.15, -0.1) is 5.10 Å². The van der Waals surface area contributed by atoms with E-state index in [1.165, 1.54) is 12.7 Å². The lowest BCUT2D eigenvalue weighted by Crippen LogP contribution is -2.32. The Balaban J connectivity index is 1.87. The van der Waals surface area contributed by atoms with E-state index in [1.807, 2.05) is 19.1 Å². The Labute approximate surface area is 130 Å². The molecule has 0 aliphatic rings. The van der Waals surface area contributed by atoms with Crippen molar-refractivity contribution in [1.29, 1.82) is 0 Å². The second-order valence-corrected chi connectivity index (χ2v) is 6.00. The molecular weight excluding hydrogens is 278 g/mol. The molecule has 1 aromatic heterocycles. The average Bonchev–Trinajstić information content (AvgIpc) is 3.01. The van der Waals surface area contributed by atoms with Crippen LogP contribution in [-0.4, -0.2) is 32.2 Å². The van der Waals surface area contributed by atoms with Crippen LogP contribution in [0.5, 0.6) is 0 Å². The fourth-order valence-corrected chi connectivity index (χ4v) is 2.26. The minimum absolute atomic E-state index is 0.0414. The van der Waals surface area contributed by atoms with E-state index in [0.29, 0.717) is 11.5 Å². The third-order valence-corrected chi connectivity index (χ3v) is 3.54. The molecule has 1 heterocycles. The number of aromatic nitrogens is 4. The Morgan fingerprint density at radius 2 is 1.91 bits per heavy atom. The van der Waals surface area contributed by atoms with Crippen LogP contribution in [0.4, 0.5) is 0 Å². The largest absolute Gasteiger partial charge is 0.350 e. The van der Waals surface area contributed by atoms with Gasteiger partial charge >= 0.3 is 0 Å². The summed E-state index contributed by atoms with van der Waals surface area (Å²) in [4.78, 5) is 12.2. The summed E-state index contributed by atoms with van der Waals surface area (Å²) in [6.07, 6.45) is 4.86. The molecule has 0 radical (unpaired) electrons. The zero-order valence-corrected chi connectivity index (χ0v) is 13.4. The molecule has 6 heteroatoms. The fraction of sp³-hybridized carbons (Fsp3) is 0.500. The zero-order chi connectivity index (χ0) is 15.9. The number of rotatable bonds is 7. The number of carbonyl (C=O) groups is 1. The number of tetrazole rings is 1. The number of nitrogens with one attached hydrogen (secondary N) is 1. The van der Waals surface area contributed by atoms with Crippen LogP contribution < -0.4 is 5.32 Å². The van der Waals surface area contributed by atoms with Gasteiger partial charge in [0.15, 0.2) is 0 Å². The van der Waals surface area contributed by atoms with Crippen LogP contribution in [-0.2, 0) is 0 Å². The second kappa shape index (κ2) is 7.68. The molecule has 0 bridgehead atoms. The minimum Gasteiger partial charge on any atom is -0.350 e. The van der Waals surface area contributed by atoms with E-state index < -0.39 is 0 Å². The maximum absolute atomic E-state index is 12.2. The number of amides is 1. The highest BCUT2D eigenvalue weighted by Gasteiger charge is 2.10. The number of nitrogens with zero attached hydrogens (tertiary/aromatic N) is 4. The van der Waals surface area contributed by atoms with Crippen LogP contribution in [0.25, 0.3) is 5.69 Å². The molecule has 2 rings (SSSR count). The van der Waals surface area contributed by atoms with Gasteiger partial charge in [-0.1, -0.05) is 26.7 Å². The van der Waals surface area contributed by atoms with Gasteiger partial charge in [-0.25, -0.2) is 4.68 Å². The Morgan fingerprint density at radius 1 is 1.18 bits per heavy atom. The van der Waals surface area contributed by atoms with Crippen molar-refractivity contribution in [3.8, 4) is 5.69 Å². The first kappa shape index (κ1) is 16.1. The zero-order valence-electron chi connectivity index (χ0n) is 13.4. The van der Waals surface area contributed by atoms with Crippen LogP contribution in [0.15, 0.2) is 30.6 Å². The van der Waals surface area contributed by atoms with Crippen molar-refractivity contribution in [2.75, 3.05) is 0 Å². The van der Waals surface area contributed by atoms with Gasteiger partial charge in [0.05, 0.1) is 5.69 Å². The van der Waals surface area contributed by atoms with Crippen molar-refractivity contribution < 1.29 is 4.79 Å². The molecule has 118 valence electrons. The molecule has 22 heavy (non-hydrogen) atoms. The van der Waals surface area contributed by atoms with E-state index in [0.717, 1.165) is 18.5 Å². The van der Waals surface area contributed by atoms with E-state index >= 15 is 0 Å². The maximum atomic E-state index is 12.2. The van der Waals surface area contributed by atoms with Crippen molar-refractivity contribution in [3.63, 3.8) is 0 Å². The van der Waals surface area contributed by atoms with Gasteiger partial charge in [0.25, 0.3) is 5.91 Å². The summed E-state index contributed by atoms with van der Waals surface area (Å²) in [6.45, 7) is 6.48. The highest BCUT2D eigenvalue weighted by molar-refractivity contribution is 5.94. The molecule has 1 N–H and O–H groups in total. The molecule has 2 aromatic rings. The van der Waals surface area contributed by atoms with Crippen molar-refractivity contribution >= 4 is 5.91 Å². The van der Waals surface area contributed by atoms with Gasteiger partial charge in [-0.3, -0.25) is 4.79 Å². The average molecular weight is 301 g/mol. The van der Waals surface area contributed by atoms with Crippen molar-refractivity contribution in [3.05, 3.63) is 36.2 Å². The van der Waals surface area contributed by atoms with Gasteiger partial charge in [-0.05, 0) is 54.0 Å². The Morgan fingerprint density at radius 3 is 2.50 bits per heavy atom. The van der Waals surface area contributed by atoms with E-state index in [4.69, 9.17) is 0 Å². The summed E-state index contributed by atoms with van der Waals surface area (Å²) >= 11 is 0. The monoisotopic (exact) mass is 301 g/mol. The summed E-state index contributed by atoms with van der Waals surface area (Å²) in [5, 5.41) is 14.0. The number of carbonyl (C=O) groups excluding carboxylic acids is 1. The molecule has 1 unspecified atom stereocenters. The van der Waals surface area contributed by atoms with Gasteiger partial charge in [0.2, 0.25) is 0 Å². The molecule has 0 spiro atoms. The Bertz CT molecular complexity index is 577. The predicted octanol–water partition coefficient (Wildman–Crippen LogP) is 2.61. The topological polar surface area (TPSA) is 72.7 Å². The highest BCUT2D eigenvalue weighted by atomic mass is 16.1. The van der Waals surface area contributed by atoms with Crippen LogP contribution in [0.2, 0.25) is 0 Å². The number of benzene rings is 1. The minimum atomic E-state index is -0.0414. The van der Waals surface area contributed by atoms with E-state index in [2.05, 4.69) is 34.7 Å². The first-order valence-electron chi connectivity index (χ1n) is 7.70. The van der Waals surface area contributed by atoms with E-state index in [1.54, 1.807) is 16.8 Å². The van der Waals surface area contributed by atoms with Crippen molar-refractivity contribution in [2.45, 2.75) is 46.1 Å². The summed E-state index contributed by atoms with van der Waals surface area (Å²) in [6, 6.07) is 7.41. The summed E-state index contributed by atoms with van der Waals surface area (Å²) in [5.74, 6) is 0.669. The third kappa shape index (κ3) is 4.65. The molecule has 0 aliphatic heterocycles. The van der Waals surface area contributed by atoms with Gasteiger partial charge < -0.3 is 5.32 Å². The Kier molecular flexibility index (Phi) is 5.63. The first-order chi connectivity index (χ1) is 10.6. The number of hydrogen-bond donors (Lipinski definition) is 1. The maximum Gasteiger partial charge on any atom is 0.251 e. The first-order valence-corrected chi connectivity index (χ1v) is 7.70. The molecule has 0 saturated carbocycles. The number of hydrogen-bond acceptors (Lipinski definition) is 4. The quantitative estimate of drug-likeness (QED) is 0.853. The lowest BCUT2D eigenvalue weighted by molar-refractivity contribution is 0.0938. The molecule has 0 aliphatic carbocycles.